The summed E-state index contributed by atoms with van der Waals surface area (Å²) in [4.78, 5) is 3.33. The van der Waals surface area contributed by atoms with Crippen molar-refractivity contribution in [2.24, 2.45) is 0 Å². The second-order valence-corrected chi connectivity index (χ2v) is 8.00. The van der Waals surface area contributed by atoms with Crippen molar-refractivity contribution < 1.29 is 21.6 Å². The number of sulfonamides is 1. The predicted octanol–water partition coefficient (Wildman–Crippen LogP) is 3.48. The highest BCUT2D eigenvalue weighted by atomic mass is 35.5. The van der Waals surface area contributed by atoms with Gasteiger partial charge in [-0.2, -0.15) is 18.3 Å². The fourth-order valence-electron chi connectivity index (χ4n) is 2.52. The van der Waals surface area contributed by atoms with E-state index in [9.17, 15) is 21.6 Å². The van der Waals surface area contributed by atoms with Crippen LogP contribution in [0.2, 0.25) is 5.02 Å². The summed E-state index contributed by atoms with van der Waals surface area (Å²) < 4.78 is 67.8. The fourth-order valence-corrected chi connectivity index (χ4v) is 3.78. The molecule has 0 fully saturated rings. The third-order valence-corrected chi connectivity index (χ3v) is 5.65. The van der Waals surface area contributed by atoms with E-state index in [0.717, 1.165) is 17.7 Å². The average Bonchev–Trinajstić information content (AvgIpc) is 3.13. The lowest BCUT2D eigenvalue weighted by molar-refractivity contribution is -0.137. The Bertz CT molecular complexity index is 1070. The quantitative estimate of drug-likeness (QED) is 0.649. The molecule has 0 spiro atoms. The first-order chi connectivity index (χ1) is 13.2. The number of rotatable bonds is 6. The molecule has 2 aromatic carbocycles. The monoisotopic (exact) mass is 430 g/mol. The Balaban J connectivity index is 1.81. The van der Waals surface area contributed by atoms with E-state index in [0.29, 0.717) is 18.2 Å². The van der Waals surface area contributed by atoms with Gasteiger partial charge in [0.2, 0.25) is 10.0 Å². The summed E-state index contributed by atoms with van der Waals surface area (Å²) >= 11 is 5.54. The van der Waals surface area contributed by atoms with Gasteiger partial charge in [0.25, 0.3) is 0 Å². The number of nitrogens with zero attached hydrogens (tertiary/aromatic N) is 3. The lowest BCUT2D eigenvalue weighted by Gasteiger charge is -2.13. The van der Waals surface area contributed by atoms with Crippen LogP contribution < -0.4 is 4.72 Å². The normalized spacial score (nSPS) is 12.3. The van der Waals surface area contributed by atoms with Gasteiger partial charge in [-0.25, -0.2) is 22.8 Å². The molecule has 1 N–H and O–H groups in total. The maximum Gasteiger partial charge on any atom is 0.417 e. The van der Waals surface area contributed by atoms with Crippen LogP contribution in [-0.4, -0.2) is 23.2 Å². The van der Waals surface area contributed by atoms with Crippen LogP contribution in [0.5, 0.6) is 0 Å². The number of alkyl halides is 3. The van der Waals surface area contributed by atoms with Crippen LogP contribution in [0.15, 0.2) is 60.0 Å². The van der Waals surface area contributed by atoms with Gasteiger partial charge in [0.1, 0.15) is 12.7 Å². The predicted molar refractivity (Wildman–Crippen MR) is 96.0 cm³/mol. The lowest BCUT2D eigenvalue weighted by atomic mass is 10.1. The number of nitrogens with one attached hydrogen (secondary N) is 1. The molecule has 0 radical (unpaired) electrons. The first-order valence-electron chi connectivity index (χ1n) is 7.92. The van der Waals surface area contributed by atoms with Crippen LogP contribution in [0.3, 0.4) is 0 Å². The third kappa shape index (κ3) is 4.70. The second-order valence-electron chi connectivity index (χ2n) is 5.83. The number of aromatic nitrogens is 3. The summed E-state index contributed by atoms with van der Waals surface area (Å²) in [6.45, 7) is 0.272. The molecule has 0 bridgehead atoms. The molecule has 1 heterocycles. The Labute approximate surface area is 164 Å². The smallest absolute Gasteiger partial charge is 0.249 e. The van der Waals surface area contributed by atoms with E-state index in [2.05, 4.69) is 14.8 Å². The van der Waals surface area contributed by atoms with Gasteiger partial charge in [0.05, 0.1) is 22.0 Å². The fraction of sp³-hybridized carbons (Fsp3) is 0.176. The van der Waals surface area contributed by atoms with E-state index < -0.39 is 31.7 Å². The molecule has 0 saturated carbocycles. The molecule has 0 aliphatic heterocycles. The average molecular weight is 431 g/mol. The third-order valence-electron chi connectivity index (χ3n) is 3.92. The number of halogens is 4. The van der Waals surface area contributed by atoms with Gasteiger partial charge < -0.3 is 0 Å². The van der Waals surface area contributed by atoms with Gasteiger partial charge in [-0.3, -0.25) is 0 Å². The van der Waals surface area contributed by atoms with Gasteiger partial charge in [-0.05, 0) is 29.3 Å². The van der Waals surface area contributed by atoms with E-state index >= 15 is 0 Å². The van der Waals surface area contributed by atoms with Gasteiger partial charge in [-0.15, -0.1) is 0 Å². The molecule has 1 aromatic heterocycles. The first-order valence-corrected chi connectivity index (χ1v) is 9.78. The van der Waals surface area contributed by atoms with Crippen LogP contribution in [0.4, 0.5) is 13.2 Å². The van der Waals surface area contributed by atoms with Crippen LogP contribution in [-0.2, 0) is 29.3 Å². The molecule has 28 heavy (non-hydrogen) atoms. The lowest BCUT2D eigenvalue weighted by Crippen LogP contribution is -2.24. The van der Waals surface area contributed by atoms with Gasteiger partial charge >= 0.3 is 6.18 Å². The van der Waals surface area contributed by atoms with E-state index in [1.54, 1.807) is 28.9 Å². The number of hydrogen-bond donors (Lipinski definition) is 1. The zero-order valence-corrected chi connectivity index (χ0v) is 15.8. The molecular weight excluding hydrogens is 417 g/mol. The Morgan fingerprint density at radius 1 is 1.11 bits per heavy atom. The summed E-state index contributed by atoms with van der Waals surface area (Å²) in [6, 6.07) is 9.51. The number of hydrogen-bond acceptors (Lipinski definition) is 4. The highest BCUT2D eigenvalue weighted by Crippen LogP contribution is 2.35. The molecule has 0 aliphatic carbocycles. The van der Waals surface area contributed by atoms with Crippen LogP contribution >= 0.6 is 11.6 Å². The Morgan fingerprint density at radius 3 is 2.46 bits per heavy atom. The summed E-state index contributed by atoms with van der Waals surface area (Å²) in [6.07, 6.45) is -1.86. The maximum absolute atomic E-state index is 13.0. The molecule has 0 unspecified atom stereocenters. The maximum atomic E-state index is 13.0. The summed E-state index contributed by atoms with van der Waals surface area (Å²) in [5.41, 5.74) is 0.248. The SMILES string of the molecule is O=S(=O)(NCc1ccccc1Cn1cncn1)c1ccc(Cl)c(C(F)(F)F)c1. The minimum Gasteiger partial charge on any atom is -0.249 e. The largest absolute Gasteiger partial charge is 0.417 e. The van der Waals surface area contributed by atoms with Crippen molar-refractivity contribution in [1.82, 2.24) is 19.5 Å². The second kappa shape index (κ2) is 7.90. The molecule has 6 nitrogen and oxygen atoms in total. The minimum absolute atomic E-state index is 0.100. The Hall–Kier alpha value is -2.43. The molecule has 11 heteroatoms. The van der Waals surface area contributed by atoms with E-state index in [4.69, 9.17) is 11.6 Å². The van der Waals surface area contributed by atoms with Gasteiger partial charge in [0.15, 0.2) is 0 Å². The summed E-state index contributed by atoms with van der Waals surface area (Å²) in [5.74, 6) is 0. The van der Waals surface area contributed by atoms with Crippen molar-refractivity contribution in [3.8, 4) is 0 Å². The van der Waals surface area contributed by atoms with Crippen LogP contribution in [0.1, 0.15) is 16.7 Å². The van der Waals surface area contributed by atoms with Crippen LogP contribution in [0, 0.1) is 0 Å². The topological polar surface area (TPSA) is 76.9 Å². The van der Waals surface area contributed by atoms with Gasteiger partial charge in [0, 0.05) is 6.54 Å². The van der Waals surface area contributed by atoms with Crippen molar-refractivity contribution in [1.29, 1.82) is 0 Å². The highest BCUT2D eigenvalue weighted by molar-refractivity contribution is 7.89. The highest BCUT2D eigenvalue weighted by Gasteiger charge is 2.34. The van der Waals surface area contributed by atoms with Gasteiger partial charge in [-0.1, -0.05) is 35.9 Å². The summed E-state index contributed by atoms with van der Waals surface area (Å²) in [7, 11) is -4.18. The van der Waals surface area contributed by atoms with Crippen molar-refractivity contribution in [2.75, 3.05) is 0 Å². The van der Waals surface area contributed by atoms with Crippen LogP contribution in [0.25, 0.3) is 0 Å². The number of benzene rings is 2. The Morgan fingerprint density at radius 2 is 1.82 bits per heavy atom. The minimum atomic E-state index is -4.76. The van der Waals surface area contributed by atoms with Crippen molar-refractivity contribution in [3.05, 3.63) is 76.8 Å². The molecule has 0 atom stereocenters. The molecule has 0 aliphatic rings. The summed E-state index contributed by atoms with van der Waals surface area (Å²) in [5, 5.41) is 3.43. The molecular formula is C17H14ClF3N4O2S. The van der Waals surface area contributed by atoms with E-state index in [1.165, 1.54) is 12.7 Å². The van der Waals surface area contributed by atoms with E-state index in [1.807, 2.05) is 0 Å². The standard InChI is InChI=1S/C17H14ClF3N4O2S/c18-16-6-5-14(7-15(16)17(19,20)21)28(26,27)24-8-12-3-1-2-4-13(12)9-25-11-22-10-23-25/h1-7,10-11,24H,8-9H2. The van der Waals surface area contributed by atoms with Crippen molar-refractivity contribution in [2.45, 2.75) is 24.2 Å². The van der Waals surface area contributed by atoms with Crippen molar-refractivity contribution in [3.63, 3.8) is 0 Å². The first kappa shape index (κ1) is 20.3. The van der Waals surface area contributed by atoms with Crippen molar-refractivity contribution >= 4 is 21.6 Å². The zero-order chi connectivity index (χ0) is 20.4. The molecule has 0 saturated heterocycles. The molecule has 0 amide bonds. The molecule has 148 valence electrons. The van der Waals surface area contributed by atoms with E-state index in [-0.39, 0.29) is 6.54 Å². The molecule has 3 rings (SSSR count). The zero-order valence-electron chi connectivity index (χ0n) is 14.2. The molecule has 3 aromatic rings. The Kier molecular flexibility index (Phi) is 5.73.